The van der Waals surface area contributed by atoms with Gasteiger partial charge >= 0.3 is 0 Å². The van der Waals surface area contributed by atoms with Gasteiger partial charge in [0.05, 0.1) is 0 Å². The minimum atomic E-state index is -4.73. The van der Waals surface area contributed by atoms with Gasteiger partial charge in [0.2, 0.25) is 0 Å². The maximum absolute atomic E-state index is 12.2. The fourth-order valence-electron chi connectivity index (χ4n) is 3.67. The van der Waals surface area contributed by atoms with E-state index in [2.05, 4.69) is 0 Å². The third-order valence-electron chi connectivity index (χ3n) is 5.39. The molecule has 0 fully saturated rings. The van der Waals surface area contributed by atoms with Gasteiger partial charge in [0.1, 0.15) is 9.79 Å². The predicted octanol–water partition coefficient (Wildman–Crippen LogP) is 6.19. The van der Waals surface area contributed by atoms with E-state index in [0.29, 0.717) is 11.1 Å². The van der Waals surface area contributed by atoms with Crippen LogP contribution in [-0.2, 0) is 20.2 Å². The Balaban J connectivity index is 1.80. The molecule has 36 heavy (non-hydrogen) atoms. The molecule has 0 unspecified atom stereocenters. The predicted molar refractivity (Wildman–Crippen MR) is 142 cm³/mol. The molecule has 182 valence electrons. The summed E-state index contributed by atoms with van der Waals surface area (Å²) in [6.07, 6.45) is 6.91. The Morgan fingerprint density at radius 2 is 0.778 bits per heavy atom. The van der Waals surface area contributed by atoms with Crippen molar-refractivity contribution in [1.29, 1.82) is 0 Å². The molecule has 0 amide bonds. The Morgan fingerprint density at radius 3 is 1.11 bits per heavy atom. The summed E-state index contributed by atoms with van der Waals surface area (Å²) in [5.74, 6) is 0. The van der Waals surface area contributed by atoms with E-state index in [1.54, 1.807) is 36.4 Å². The Morgan fingerprint density at radius 1 is 0.444 bits per heavy atom. The van der Waals surface area contributed by atoms with Crippen LogP contribution in [-0.4, -0.2) is 25.9 Å². The first-order valence-corrected chi connectivity index (χ1v) is 13.7. The highest BCUT2D eigenvalue weighted by molar-refractivity contribution is 7.86. The Bertz CT molecular complexity index is 1530. The van der Waals surface area contributed by atoms with Crippen LogP contribution in [0.3, 0.4) is 0 Å². The average Bonchev–Trinajstić information content (AvgIpc) is 2.86. The molecular formula is C28H22O6S2. The molecule has 6 nitrogen and oxygen atoms in total. The van der Waals surface area contributed by atoms with Crippen molar-refractivity contribution in [2.75, 3.05) is 0 Å². The quantitative estimate of drug-likeness (QED) is 0.223. The van der Waals surface area contributed by atoms with Gasteiger partial charge in [0.15, 0.2) is 0 Å². The molecule has 0 heterocycles. The average molecular weight is 519 g/mol. The van der Waals surface area contributed by atoms with Crippen molar-refractivity contribution in [3.8, 4) is 11.1 Å². The van der Waals surface area contributed by atoms with E-state index in [1.165, 1.54) is 24.3 Å². The van der Waals surface area contributed by atoms with E-state index >= 15 is 0 Å². The summed E-state index contributed by atoms with van der Waals surface area (Å²) in [6.45, 7) is 0. The second kappa shape index (κ2) is 10.4. The van der Waals surface area contributed by atoms with Crippen molar-refractivity contribution in [3.63, 3.8) is 0 Å². The van der Waals surface area contributed by atoms with Crippen molar-refractivity contribution < 1.29 is 25.9 Å². The maximum atomic E-state index is 12.2. The number of hydrogen-bond donors (Lipinski definition) is 2. The van der Waals surface area contributed by atoms with Crippen LogP contribution in [0.1, 0.15) is 22.3 Å². The minimum Gasteiger partial charge on any atom is -0.282 e. The first-order chi connectivity index (χ1) is 17.1. The standard InChI is InChI=1S/C28H22O6S2/c29-35(30,31)27-19-23(13-11-21-7-3-1-4-8-21)15-17-25(27)26-18-16-24(20-28(26)36(32,33)34)14-12-22-9-5-2-6-10-22/h1-20H,(H,29,30,31)(H,32,33,34). The van der Waals surface area contributed by atoms with Gasteiger partial charge in [-0.3, -0.25) is 9.11 Å². The Hall–Kier alpha value is -3.82. The van der Waals surface area contributed by atoms with Crippen LogP contribution in [0.2, 0.25) is 0 Å². The fraction of sp³-hybridized carbons (Fsp3) is 0. The van der Waals surface area contributed by atoms with E-state index in [1.807, 2.05) is 60.7 Å². The summed E-state index contributed by atoms with van der Waals surface area (Å²) in [5.41, 5.74) is 2.63. The molecule has 0 saturated carbocycles. The van der Waals surface area contributed by atoms with Crippen molar-refractivity contribution in [1.82, 2.24) is 0 Å². The smallest absolute Gasteiger partial charge is 0.282 e. The highest BCUT2D eigenvalue weighted by Gasteiger charge is 2.23. The van der Waals surface area contributed by atoms with Crippen molar-refractivity contribution in [2.45, 2.75) is 9.79 Å². The van der Waals surface area contributed by atoms with Crippen LogP contribution < -0.4 is 0 Å². The topological polar surface area (TPSA) is 109 Å². The van der Waals surface area contributed by atoms with Crippen molar-refractivity contribution in [2.24, 2.45) is 0 Å². The molecule has 0 aromatic heterocycles. The molecule has 4 aromatic carbocycles. The first kappa shape index (κ1) is 25.3. The van der Waals surface area contributed by atoms with Gasteiger partial charge in [-0.2, -0.15) is 16.8 Å². The summed E-state index contributed by atoms with van der Waals surface area (Å²) in [4.78, 5) is -0.953. The van der Waals surface area contributed by atoms with Crippen molar-refractivity contribution in [3.05, 3.63) is 119 Å². The van der Waals surface area contributed by atoms with Gasteiger partial charge in [-0.25, -0.2) is 0 Å². The summed E-state index contributed by atoms with van der Waals surface area (Å²) >= 11 is 0. The van der Waals surface area contributed by atoms with Crippen molar-refractivity contribution >= 4 is 44.5 Å². The highest BCUT2D eigenvalue weighted by atomic mass is 32.2. The maximum Gasteiger partial charge on any atom is 0.295 e. The van der Waals surface area contributed by atoms with Gasteiger partial charge in [-0.1, -0.05) is 109 Å². The lowest BCUT2D eigenvalue weighted by Gasteiger charge is -2.13. The molecule has 0 aliphatic rings. The summed E-state index contributed by atoms with van der Waals surface area (Å²) in [5, 5.41) is 0. The zero-order chi connectivity index (χ0) is 25.8. The zero-order valence-electron chi connectivity index (χ0n) is 18.9. The molecule has 2 N–H and O–H groups in total. The minimum absolute atomic E-state index is 0.0550. The molecule has 0 aliphatic carbocycles. The highest BCUT2D eigenvalue weighted by Crippen LogP contribution is 2.34. The largest absolute Gasteiger partial charge is 0.295 e. The van der Waals surface area contributed by atoms with E-state index in [9.17, 15) is 25.9 Å². The molecule has 0 aliphatic heterocycles. The van der Waals surface area contributed by atoms with Crippen LogP contribution in [0.25, 0.3) is 35.4 Å². The van der Waals surface area contributed by atoms with Gasteiger partial charge < -0.3 is 0 Å². The molecule has 4 rings (SSSR count). The molecule has 0 atom stereocenters. The van der Waals surface area contributed by atoms with Gasteiger partial charge in [0.25, 0.3) is 20.2 Å². The van der Waals surface area contributed by atoms with Crippen LogP contribution >= 0.6 is 0 Å². The van der Waals surface area contributed by atoms with E-state index in [4.69, 9.17) is 0 Å². The van der Waals surface area contributed by atoms with Gasteiger partial charge in [0, 0.05) is 11.1 Å². The first-order valence-electron chi connectivity index (χ1n) is 10.8. The van der Waals surface area contributed by atoms with E-state index in [0.717, 1.165) is 11.1 Å². The lowest BCUT2D eigenvalue weighted by Crippen LogP contribution is -2.05. The Kier molecular flexibility index (Phi) is 7.32. The van der Waals surface area contributed by atoms with Crippen LogP contribution in [0.4, 0.5) is 0 Å². The molecule has 0 spiro atoms. The molecule has 4 aromatic rings. The van der Waals surface area contributed by atoms with Crippen LogP contribution in [0, 0.1) is 0 Å². The SMILES string of the molecule is O=S(=O)(O)c1cc(C=Cc2ccccc2)ccc1-c1ccc(C=Cc2ccccc2)cc1S(=O)(=O)O. The molecule has 8 heteroatoms. The second-order valence-corrected chi connectivity index (χ2v) is 10.7. The molecular weight excluding hydrogens is 496 g/mol. The third kappa shape index (κ3) is 6.24. The lowest BCUT2D eigenvalue weighted by atomic mass is 10.0. The summed E-state index contributed by atoms with van der Waals surface area (Å²) in [6, 6.07) is 27.2. The lowest BCUT2D eigenvalue weighted by molar-refractivity contribution is 0.480. The zero-order valence-corrected chi connectivity index (χ0v) is 20.5. The normalized spacial score (nSPS) is 12.4. The number of hydrogen-bond acceptors (Lipinski definition) is 4. The van der Waals surface area contributed by atoms with Crippen LogP contribution in [0.15, 0.2) is 107 Å². The Labute approximate surface area is 210 Å². The van der Waals surface area contributed by atoms with E-state index in [-0.39, 0.29) is 11.1 Å². The monoisotopic (exact) mass is 518 g/mol. The van der Waals surface area contributed by atoms with Gasteiger partial charge in [-0.05, 0) is 34.4 Å². The summed E-state index contributed by atoms with van der Waals surface area (Å²) in [7, 11) is -9.46. The van der Waals surface area contributed by atoms with Crippen LogP contribution in [0.5, 0.6) is 0 Å². The van der Waals surface area contributed by atoms with Gasteiger partial charge in [-0.15, -0.1) is 0 Å². The third-order valence-corrected chi connectivity index (χ3v) is 7.18. The molecule has 0 saturated heterocycles. The number of benzene rings is 4. The second-order valence-electron chi connectivity index (χ2n) is 7.95. The molecule has 0 bridgehead atoms. The number of rotatable bonds is 7. The fourth-order valence-corrected chi connectivity index (χ4v) is 5.15. The van der Waals surface area contributed by atoms with E-state index < -0.39 is 30.0 Å². The summed E-state index contributed by atoms with van der Waals surface area (Å²) < 4.78 is 68.8. The molecule has 0 radical (unpaired) electrons.